The minimum absolute atomic E-state index is 0.172. The van der Waals surface area contributed by atoms with Crippen molar-refractivity contribution in [1.82, 2.24) is 4.98 Å². The Hall–Kier alpha value is -2.11. The first-order valence-corrected chi connectivity index (χ1v) is 6.64. The molecule has 0 saturated carbocycles. The van der Waals surface area contributed by atoms with Gasteiger partial charge in [-0.05, 0) is 30.3 Å². The van der Waals surface area contributed by atoms with Gasteiger partial charge in [-0.15, -0.1) is 0 Å². The zero-order chi connectivity index (χ0) is 15.4. The lowest BCUT2D eigenvalue weighted by atomic mass is 10.2. The quantitative estimate of drug-likeness (QED) is 0.904. The molecule has 21 heavy (non-hydrogen) atoms. The standard InChI is InChI=1S/C14H10Cl2N2O3/c15-8-1-4-12(16)11(5-8)14(21)18-10-3-2-9(17-7-10)6-13(19)20/h1-5,7H,6H2,(H,18,21)(H,19,20). The molecule has 1 heterocycles. The molecule has 0 fully saturated rings. The maximum absolute atomic E-state index is 12.1. The number of carbonyl (C=O) groups is 2. The van der Waals surface area contributed by atoms with Crippen LogP contribution in [-0.2, 0) is 11.2 Å². The van der Waals surface area contributed by atoms with Gasteiger partial charge < -0.3 is 10.4 Å². The summed E-state index contributed by atoms with van der Waals surface area (Å²) < 4.78 is 0. The van der Waals surface area contributed by atoms with Gasteiger partial charge >= 0.3 is 5.97 Å². The lowest BCUT2D eigenvalue weighted by molar-refractivity contribution is -0.136. The van der Waals surface area contributed by atoms with Gasteiger partial charge in [-0.2, -0.15) is 0 Å². The Labute approximate surface area is 130 Å². The van der Waals surface area contributed by atoms with Crippen molar-refractivity contribution in [2.24, 2.45) is 0 Å². The SMILES string of the molecule is O=C(O)Cc1ccc(NC(=O)c2cc(Cl)ccc2Cl)cn1. The van der Waals surface area contributed by atoms with Gasteiger partial charge in [-0.3, -0.25) is 14.6 Å². The highest BCUT2D eigenvalue weighted by molar-refractivity contribution is 6.36. The van der Waals surface area contributed by atoms with E-state index in [-0.39, 0.29) is 17.0 Å². The number of hydrogen-bond donors (Lipinski definition) is 2. The van der Waals surface area contributed by atoms with Crippen LogP contribution in [0.4, 0.5) is 5.69 Å². The van der Waals surface area contributed by atoms with Gasteiger partial charge in [0.15, 0.2) is 0 Å². The van der Waals surface area contributed by atoms with Crippen LogP contribution in [-0.4, -0.2) is 22.0 Å². The summed E-state index contributed by atoms with van der Waals surface area (Å²) in [5.41, 5.74) is 1.09. The predicted molar refractivity (Wildman–Crippen MR) is 80.0 cm³/mol. The summed E-state index contributed by atoms with van der Waals surface area (Å²) in [6.45, 7) is 0. The van der Waals surface area contributed by atoms with E-state index >= 15 is 0 Å². The number of pyridine rings is 1. The number of anilines is 1. The number of benzene rings is 1. The van der Waals surface area contributed by atoms with Crippen LogP contribution in [0.15, 0.2) is 36.5 Å². The van der Waals surface area contributed by atoms with Crippen LogP contribution in [0.1, 0.15) is 16.1 Å². The summed E-state index contributed by atoms with van der Waals surface area (Å²) in [6, 6.07) is 7.69. The van der Waals surface area contributed by atoms with Gasteiger partial charge in [0.2, 0.25) is 0 Å². The second-order valence-electron chi connectivity index (χ2n) is 4.19. The van der Waals surface area contributed by atoms with Gasteiger partial charge in [-0.1, -0.05) is 23.2 Å². The minimum Gasteiger partial charge on any atom is -0.481 e. The molecule has 0 unspecified atom stereocenters. The first-order chi connectivity index (χ1) is 9.95. The fourth-order valence-corrected chi connectivity index (χ4v) is 2.00. The van der Waals surface area contributed by atoms with Crippen molar-refractivity contribution in [3.8, 4) is 0 Å². The average molecular weight is 325 g/mol. The van der Waals surface area contributed by atoms with Crippen LogP contribution in [0, 0.1) is 0 Å². The molecule has 108 valence electrons. The Kier molecular flexibility index (Phi) is 4.77. The summed E-state index contributed by atoms with van der Waals surface area (Å²) in [4.78, 5) is 26.6. The lowest BCUT2D eigenvalue weighted by Crippen LogP contribution is -2.13. The molecular weight excluding hydrogens is 315 g/mol. The first-order valence-electron chi connectivity index (χ1n) is 5.89. The molecule has 0 aliphatic heterocycles. The van der Waals surface area contributed by atoms with E-state index in [9.17, 15) is 9.59 Å². The van der Waals surface area contributed by atoms with Crippen molar-refractivity contribution < 1.29 is 14.7 Å². The number of hydrogen-bond acceptors (Lipinski definition) is 3. The fraction of sp³-hybridized carbons (Fsp3) is 0.0714. The second kappa shape index (κ2) is 6.56. The average Bonchev–Trinajstić information content (AvgIpc) is 2.43. The monoisotopic (exact) mass is 324 g/mol. The van der Waals surface area contributed by atoms with E-state index in [0.717, 1.165) is 0 Å². The van der Waals surface area contributed by atoms with E-state index in [4.69, 9.17) is 28.3 Å². The van der Waals surface area contributed by atoms with Crippen molar-refractivity contribution in [3.63, 3.8) is 0 Å². The van der Waals surface area contributed by atoms with Crippen molar-refractivity contribution in [2.75, 3.05) is 5.32 Å². The second-order valence-corrected chi connectivity index (χ2v) is 5.03. The van der Waals surface area contributed by atoms with Crippen LogP contribution >= 0.6 is 23.2 Å². The summed E-state index contributed by atoms with van der Waals surface area (Å²) in [5.74, 6) is -1.39. The van der Waals surface area contributed by atoms with E-state index in [1.807, 2.05) is 0 Å². The van der Waals surface area contributed by atoms with Gasteiger partial charge in [-0.25, -0.2) is 0 Å². The third kappa shape index (κ3) is 4.18. The first kappa shape index (κ1) is 15.3. The normalized spacial score (nSPS) is 10.2. The van der Waals surface area contributed by atoms with Crippen molar-refractivity contribution in [3.05, 3.63) is 57.8 Å². The number of amides is 1. The van der Waals surface area contributed by atoms with Crippen LogP contribution in [0.3, 0.4) is 0 Å². The highest BCUT2D eigenvalue weighted by Gasteiger charge is 2.11. The largest absolute Gasteiger partial charge is 0.481 e. The molecule has 0 atom stereocenters. The number of aliphatic carboxylic acids is 1. The van der Waals surface area contributed by atoms with E-state index in [1.54, 1.807) is 12.1 Å². The Morgan fingerprint density at radius 2 is 1.95 bits per heavy atom. The summed E-state index contributed by atoms with van der Waals surface area (Å²) in [6.07, 6.45) is 1.21. The summed E-state index contributed by atoms with van der Waals surface area (Å²) >= 11 is 11.8. The molecule has 1 amide bonds. The summed E-state index contributed by atoms with van der Waals surface area (Å²) in [5, 5.41) is 12.0. The highest BCUT2D eigenvalue weighted by Crippen LogP contribution is 2.21. The van der Waals surface area contributed by atoms with E-state index in [2.05, 4.69) is 10.3 Å². The third-order valence-electron chi connectivity index (χ3n) is 2.59. The van der Waals surface area contributed by atoms with Gasteiger partial charge in [0, 0.05) is 5.02 Å². The molecule has 1 aromatic carbocycles. The minimum atomic E-state index is -0.968. The number of aromatic nitrogens is 1. The maximum Gasteiger partial charge on any atom is 0.309 e. The molecule has 0 bridgehead atoms. The number of carboxylic acids is 1. The van der Waals surface area contributed by atoms with Gasteiger partial charge in [0.05, 0.1) is 34.6 Å². The number of carbonyl (C=O) groups excluding carboxylic acids is 1. The Bertz CT molecular complexity index is 687. The molecule has 0 radical (unpaired) electrons. The Balaban J connectivity index is 2.12. The smallest absolute Gasteiger partial charge is 0.309 e. The lowest BCUT2D eigenvalue weighted by Gasteiger charge is -2.07. The number of nitrogens with zero attached hydrogens (tertiary/aromatic N) is 1. The number of carboxylic acid groups (broad SMARTS) is 1. The molecule has 2 rings (SSSR count). The number of halogens is 2. The van der Waals surface area contributed by atoms with Crippen molar-refractivity contribution in [1.29, 1.82) is 0 Å². The molecule has 2 N–H and O–H groups in total. The molecule has 5 nitrogen and oxygen atoms in total. The molecule has 0 saturated heterocycles. The molecule has 2 aromatic rings. The molecule has 0 spiro atoms. The van der Waals surface area contributed by atoms with E-state index < -0.39 is 11.9 Å². The van der Waals surface area contributed by atoms with Crippen LogP contribution < -0.4 is 5.32 Å². The zero-order valence-electron chi connectivity index (χ0n) is 10.6. The third-order valence-corrected chi connectivity index (χ3v) is 3.15. The van der Waals surface area contributed by atoms with Crippen molar-refractivity contribution in [2.45, 2.75) is 6.42 Å². The van der Waals surface area contributed by atoms with Crippen LogP contribution in [0.5, 0.6) is 0 Å². The topological polar surface area (TPSA) is 79.3 Å². The number of rotatable bonds is 4. The zero-order valence-corrected chi connectivity index (χ0v) is 12.1. The van der Waals surface area contributed by atoms with Crippen molar-refractivity contribution >= 4 is 40.8 Å². The van der Waals surface area contributed by atoms with Crippen LogP contribution in [0.25, 0.3) is 0 Å². The summed E-state index contributed by atoms with van der Waals surface area (Å²) in [7, 11) is 0. The number of nitrogens with one attached hydrogen (secondary N) is 1. The van der Waals surface area contributed by atoms with E-state index in [1.165, 1.54) is 24.4 Å². The Morgan fingerprint density at radius 3 is 2.57 bits per heavy atom. The maximum atomic E-state index is 12.1. The molecule has 0 aliphatic rings. The fourth-order valence-electron chi connectivity index (χ4n) is 1.63. The van der Waals surface area contributed by atoms with Gasteiger partial charge in [0.25, 0.3) is 5.91 Å². The molecular formula is C14H10Cl2N2O3. The highest BCUT2D eigenvalue weighted by atomic mass is 35.5. The Morgan fingerprint density at radius 1 is 1.19 bits per heavy atom. The van der Waals surface area contributed by atoms with Crippen LogP contribution in [0.2, 0.25) is 10.0 Å². The predicted octanol–water partition coefficient (Wildman–Crippen LogP) is 3.27. The van der Waals surface area contributed by atoms with E-state index in [0.29, 0.717) is 16.4 Å². The molecule has 0 aliphatic carbocycles. The molecule has 1 aromatic heterocycles. The molecule has 7 heteroatoms. The van der Waals surface area contributed by atoms with Gasteiger partial charge in [0.1, 0.15) is 0 Å².